The lowest BCUT2D eigenvalue weighted by Crippen LogP contribution is -1.85. The molecule has 0 radical (unpaired) electrons. The van der Waals surface area contributed by atoms with E-state index >= 15 is 0 Å². The number of imidazole rings is 1. The molecular weight excluding hydrogens is 294 g/mol. The van der Waals surface area contributed by atoms with Crippen LogP contribution in [0.15, 0.2) is 41.0 Å². The molecule has 0 aliphatic carbocycles. The van der Waals surface area contributed by atoms with Gasteiger partial charge in [-0.2, -0.15) is 0 Å². The van der Waals surface area contributed by atoms with Crippen LogP contribution in [0.4, 0.5) is 0 Å². The maximum atomic E-state index is 5.19. The van der Waals surface area contributed by atoms with Crippen molar-refractivity contribution in [2.45, 2.75) is 0 Å². The average Bonchev–Trinajstić information content (AvgIpc) is 2.81. The van der Waals surface area contributed by atoms with Gasteiger partial charge < -0.3 is 9.72 Å². The van der Waals surface area contributed by atoms with Crippen molar-refractivity contribution in [3.8, 4) is 17.3 Å². The molecule has 0 unspecified atom stereocenters. The average molecular weight is 304 g/mol. The number of halogens is 1. The zero-order valence-corrected chi connectivity index (χ0v) is 11.2. The molecule has 0 spiro atoms. The highest BCUT2D eigenvalue weighted by molar-refractivity contribution is 9.10. The van der Waals surface area contributed by atoms with Crippen LogP contribution in [0.2, 0.25) is 0 Å². The van der Waals surface area contributed by atoms with E-state index in [0.717, 1.165) is 32.8 Å². The molecule has 0 aliphatic heterocycles. The molecule has 0 amide bonds. The van der Waals surface area contributed by atoms with Gasteiger partial charge in [-0.25, -0.2) is 4.98 Å². The molecule has 90 valence electrons. The fourth-order valence-electron chi connectivity index (χ4n) is 1.79. The first kappa shape index (κ1) is 11.2. The Hall–Kier alpha value is -1.88. The molecule has 0 saturated heterocycles. The predicted molar refractivity (Wildman–Crippen MR) is 73.6 cm³/mol. The van der Waals surface area contributed by atoms with Gasteiger partial charge in [0.2, 0.25) is 0 Å². The van der Waals surface area contributed by atoms with E-state index in [-0.39, 0.29) is 0 Å². The molecule has 1 N–H and O–H groups in total. The summed E-state index contributed by atoms with van der Waals surface area (Å²) in [6.07, 6.45) is 1.74. The van der Waals surface area contributed by atoms with Crippen molar-refractivity contribution in [3.05, 3.63) is 41.0 Å². The summed E-state index contributed by atoms with van der Waals surface area (Å²) >= 11 is 3.47. The first-order valence-electron chi connectivity index (χ1n) is 5.42. The number of nitrogens with zero attached hydrogens (tertiary/aromatic N) is 2. The maximum Gasteiger partial charge on any atom is 0.158 e. The highest BCUT2D eigenvalue weighted by Crippen LogP contribution is 2.26. The smallest absolute Gasteiger partial charge is 0.158 e. The van der Waals surface area contributed by atoms with Crippen molar-refractivity contribution in [1.82, 2.24) is 15.0 Å². The van der Waals surface area contributed by atoms with Gasteiger partial charge in [0.05, 0.1) is 18.1 Å². The molecule has 0 atom stereocenters. The van der Waals surface area contributed by atoms with E-state index < -0.39 is 0 Å². The van der Waals surface area contributed by atoms with Gasteiger partial charge in [0, 0.05) is 16.7 Å². The van der Waals surface area contributed by atoms with E-state index in [1.54, 1.807) is 13.3 Å². The van der Waals surface area contributed by atoms with Gasteiger partial charge in [0.1, 0.15) is 11.4 Å². The first-order chi connectivity index (χ1) is 8.78. The van der Waals surface area contributed by atoms with E-state index in [0.29, 0.717) is 0 Å². The van der Waals surface area contributed by atoms with E-state index in [2.05, 4.69) is 30.9 Å². The Bertz CT molecular complexity index is 708. The Morgan fingerprint density at radius 3 is 2.94 bits per heavy atom. The molecule has 1 aromatic carbocycles. The molecule has 0 fully saturated rings. The van der Waals surface area contributed by atoms with Crippen LogP contribution in [-0.4, -0.2) is 22.1 Å². The number of H-pyrrole nitrogens is 1. The van der Waals surface area contributed by atoms with Gasteiger partial charge >= 0.3 is 0 Å². The van der Waals surface area contributed by atoms with Gasteiger partial charge in [-0.05, 0) is 40.2 Å². The fraction of sp³-hybridized carbons (Fsp3) is 0.0769. The molecule has 5 heteroatoms. The van der Waals surface area contributed by atoms with Crippen LogP contribution in [0.3, 0.4) is 0 Å². The molecule has 3 rings (SSSR count). The topological polar surface area (TPSA) is 50.8 Å². The monoisotopic (exact) mass is 303 g/mol. The lowest BCUT2D eigenvalue weighted by molar-refractivity contribution is 0.415. The van der Waals surface area contributed by atoms with Crippen molar-refractivity contribution in [3.63, 3.8) is 0 Å². The Kier molecular flexibility index (Phi) is 2.76. The highest BCUT2D eigenvalue weighted by atomic mass is 79.9. The number of nitrogens with one attached hydrogen (secondary N) is 1. The molecular formula is C13H10BrN3O. The third-order valence-electron chi connectivity index (χ3n) is 2.67. The second-order valence-electron chi connectivity index (χ2n) is 3.80. The summed E-state index contributed by atoms with van der Waals surface area (Å²) < 4.78 is 6.10. The standard InChI is InChI=1S/C13H10BrN3O/c1-18-8-4-5-10-11(7-8)17-13(16-10)12-9(14)3-2-6-15-12/h2-7H,1H3,(H,16,17). The molecule has 0 saturated carbocycles. The van der Waals surface area contributed by atoms with Crippen LogP contribution in [0.25, 0.3) is 22.6 Å². The molecule has 4 nitrogen and oxygen atoms in total. The van der Waals surface area contributed by atoms with Crippen LogP contribution in [-0.2, 0) is 0 Å². The third kappa shape index (κ3) is 1.86. The summed E-state index contributed by atoms with van der Waals surface area (Å²) in [4.78, 5) is 12.1. The number of ether oxygens (including phenoxy) is 1. The number of rotatable bonds is 2. The first-order valence-corrected chi connectivity index (χ1v) is 6.22. The Morgan fingerprint density at radius 1 is 1.28 bits per heavy atom. The van der Waals surface area contributed by atoms with E-state index in [1.807, 2.05) is 30.3 Å². The number of aromatic nitrogens is 3. The number of benzene rings is 1. The summed E-state index contributed by atoms with van der Waals surface area (Å²) in [5.41, 5.74) is 2.62. The highest BCUT2D eigenvalue weighted by Gasteiger charge is 2.09. The van der Waals surface area contributed by atoms with Crippen LogP contribution in [0.1, 0.15) is 0 Å². The number of pyridine rings is 1. The Labute approximate surface area is 112 Å². The molecule has 18 heavy (non-hydrogen) atoms. The largest absolute Gasteiger partial charge is 0.497 e. The van der Waals surface area contributed by atoms with Gasteiger partial charge in [0.15, 0.2) is 5.82 Å². The van der Waals surface area contributed by atoms with E-state index in [4.69, 9.17) is 4.74 Å². The number of hydrogen-bond donors (Lipinski definition) is 1. The quantitative estimate of drug-likeness (QED) is 0.789. The van der Waals surface area contributed by atoms with Crippen molar-refractivity contribution >= 4 is 27.0 Å². The minimum absolute atomic E-state index is 0.741. The zero-order chi connectivity index (χ0) is 12.5. The van der Waals surface area contributed by atoms with Crippen LogP contribution in [0.5, 0.6) is 5.75 Å². The van der Waals surface area contributed by atoms with Crippen LogP contribution < -0.4 is 4.74 Å². The zero-order valence-electron chi connectivity index (χ0n) is 9.64. The second kappa shape index (κ2) is 4.42. The van der Waals surface area contributed by atoms with Crippen molar-refractivity contribution in [2.24, 2.45) is 0 Å². The van der Waals surface area contributed by atoms with Crippen molar-refractivity contribution in [1.29, 1.82) is 0 Å². The SMILES string of the molecule is COc1ccc2nc(-c3ncccc3Br)[nH]c2c1. The minimum Gasteiger partial charge on any atom is -0.497 e. The van der Waals surface area contributed by atoms with Crippen LogP contribution in [0, 0.1) is 0 Å². The predicted octanol–water partition coefficient (Wildman–Crippen LogP) is 3.40. The van der Waals surface area contributed by atoms with Gasteiger partial charge in [0.25, 0.3) is 0 Å². The lowest BCUT2D eigenvalue weighted by Gasteiger charge is -1.97. The second-order valence-corrected chi connectivity index (χ2v) is 4.66. The fourth-order valence-corrected chi connectivity index (χ4v) is 2.23. The summed E-state index contributed by atoms with van der Waals surface area (Å²) in [6, 6.07) is 9.55. The molecule has 0 aliphatic rings. The van der Waals surface area contributed by atoms with E-state index in [1.165, 1.54) is 0 Å². The van der Waals surface area contributed by atoms with E-state index in [9.17, 15) is 0 Å². The van der Waals surface area contributed by atoms with Crippen LogP contribution >= 0.6 is 15.9 Å². The summed E-state index contributed by atoms with van der Waals surface area (Å²) in [5, 5.41) is 0. The van der Waals surface area contributed by atoms with Crippen molar-refractivity contribution < 1.29 is 4.74 Å². The Balaban J connectivity index is 2.17. The van der Waals surface area contributed by atoms with Gasteiger partial charge in [-0.1, -0.05) is 0 Å². The van der Waals surface area contributed by atoms with Gasteiger partial charge in [-0.3, -0.25) is 4.98 Å². The summed E-state index contributed by atoms with van der Waals surface area (Å²) in [7, 11) is 1.65. The minimum atomic E-state index is 0.741. The van der Waals surface area contributed by atoms with Crippen molar-refractivity contribution in [2.75, 3.05) is 7.11 Å². The number of fused-ring (bicyclic) bond motifs is 1. The Morgan fingerprint density at radius 2 is 2.17 bits per heavy atom. The molecule has 3 aromatic rings. The maximum absolute atomic E-state index is 5.19. The third-order valence-corrected chi connectivity index (χ3v) is 3.31. The summed E-state index contributed by atoms with van der Waals surface area (Å²) in [6.45, 7) is 0. The molecule has 2 heterocycles. The normalized spacial score (nSPS) is 10.8. The lowest BCUT2D eigenvalue weighted by atomic mass is 10.3. The molecule has 2 aromatic heterocycles. The number of aromatic amines is 1. The van der Waals surface area contributed by atoms with Gasteiger partial charge in [-0.15, -0.1) is 0 Å². The number of methoxy groups -OCH3 is 1. The summed E-state index contributed by atoms with van der Waals surface area (Å²) in [5.74, 6) is 1.54. The molecule has 0 bridgehead atoms. The number of hydrogen-bond acceptors (Lipinski definition) is 3.